The Morgan fingerprint density at radius 3 is 2.11 bits per heavy atom. The maximum Gasteiger partial charge on any atom is 0.511 e. The van der Waals surface area contributed by atoms with E-state index in [2.05, 4.69) is 8.92 Å². The van der Waals surface area contributed by atoms with Crippen LogP contribution in [0.3, 0.4) is 0 Å². The Kier molecular flexibility index (Phi) is 4.80. The molecule has 1 aromatic rings. The predicted molar refractivity (Wildman–Crippen MR) is 69.8 cm³/mol. The van der Waals surface area contributed by atoms with Crippen LogP contribution in [0.1, 0.15) is 0 Å². The average Bonchev–Trinajstić information content (AvgIpc) is 2.27. The van der Waals surface area contributed by atoms with E-state index >= 15 is 0 Å². The summed E-state index contributed by atoms with van der Waals surface area (Å²) in [6.45, 7) is 0. The van der Waals surface area contributed by atoms with Crippen molar-refractivity contribution in [1.82, 2.24) is 0 Å². The molecule has 0 spiro atoms. The maximum absolute atomic E-state index is 11.3. The van der Waals surface area contributed by atoms with Gasteiger partial charge in [-0.3, -0.25) is 4.18 Å². The summed E-state index contributed by atoms with van der Waals surface area (Å²) < 4.78 is 36.2. The molecule has 7 nitrogen and oxygen atoms in total. The molecule has 0 bridgehead atoms. The van der Waals surface area contributed by atoms with Gasteiger partial charge in [-0.1, -0.05) is 10.3 Å². The van der Waals surface area contributed by atoms with Gasteiger partial charge in [0.25, 0.3) is 0 Å². The first-order valence-electron chi connectivity index (χ1n) is 4.92. The number of ether oxygens (including phenoxy) is 1. The molecule has 0 aliphatic carbocycles. The first kappa shape index (κ1) is 15.8. The van der Waals surface area contributed by atoms with Gasteiger partial charge in [0.15, 0.2) is 0 Å². The van der Waals surface area contributed by atoms with E-state index in [0.717, 1.165) is 7.11 Å². The fourth-order valence-electron chi connectivity index (χ4n) is 1.21. The molecule has 0 heterocycles. The van der Waals surface area contributed by atoms with E-state index in [4.69, 9.17) is 8.74 Å². The number of carboxylic acid groups (broad SMARTS) is 1. The van der Waals surface area contributed by atoms with Crippen LogP contribution in [0.4, 0.5) is 4.79 Å². The van der Waals surface area contributed by atoms with Crippen molar-refractivity contribution in [2.24, 2.45) is 0 Å². The van der Waals surface area contributed by atoms with Crippen molar-refractivity contribution in [2.75, 3.05) is 19.6 Å². The predicted octanol–water partition coefficient (Wildman–Crippen LogP) is 1.99. The van der Waals surface area contributed by atoms with Crippen molar-refractivity contribution in [3.05, 3.63) is 24.3 Å². The van der Waals surface area contributed by atoms with Crippen LogP contribution in [0.2, 0.25) is 0 Å². The molecule has 19 heavy (non-hydrogen) atoms. The SMILES string of the molecule is COS(=O)(=O)OS(C)(C)c1ccc(OC(=O)O)cc1. The van der Waals surface area contributed by atoms with Crippen LogP contribution in [-0.4, -0.2) is 39.3 Å². The maximum atomic E-state index is 11.3. The molecule has 0 radical (unpaired) electrons. The molecule has 1 N–H and O–H groups in total. The van der Waals surface area contributed by atoms with Crippen molar-refractivity contribution in [3.63, 3.8) is 0 Å². The third-order valence-corrected chi connectivity index (χ3v) is 5.90. The zero-order valence-electron chi connectivity index (χ0n) is 10.5. The molecular weight excluding hydrogens is 296 g/mol. The van der Waals surface area contributed by atoms with E-state index in [-0.39, 0.29) is 5.75 Å². The number of hydrogen-bond acceptors (Lipinski definition) is 6. The summed E-state index contributed by atoms with van der Waals surface area (Å²) in [6, 6.07) is 5.92. The Bertz CT molecular complexity index is 548. The Morgan fingerprint density at radius 1 is 1.16 bits per heavy atom. The van der Waals surface area contributed by atoms with Crippen LogP contribution in [0, 0.1) is 0 Å². The lowest BCUT2D eigenvalue weighted by Gasteiger charge is -2.29. The zero-order chi connectivity index (χ0) is 14.7. The topological polar surface area (TPSA) is 99.1 Å². The summed E-state index contributed by atoms with van der Waals surface area (Å²) in [5.74, 6) is 0.140. The van der Waals surface area contributed by atoms with E-state index in [9.17, 15) is 13.2 Å². The minimum Gasteiger partial charge on any atom is -0.449 e. The molecule has 0 saturated heterocycles. The highest BCUT2D eigenvalue weighted by molar-refractivity contribution is 8.31. The highest BCUT2D eigenvalue weighted by Crippen LogP contribution is 2.51. The van der Waals surface area contributed by atoms with Crippen LogP contribution in [0.25, 0.3) is 0 Å². The monoisotopic (exact) mass is 310 g/mol. The van der Waals surface area contributed by atoms with E-state index < -0.39 is 26.9 Å². The van der Waals surface area contributed by atoms with E-state index in [1.54, 1.807) is 24.6 Å². The van der Waals surface area contributed by atoms with E-state index in [1.165, 1.54) is 12.1 Å². The Labute approximate surface area is 112 Å². The summed E-state index contributed by atoms with van der Waals surface area (Å²) in [4.78, 5) is 10.9. The molecule has 0 unspecified atom stereocenters. The minimum absolute atomic E-state index is 0.140. The van der Waals surface area contributed by atoms with Crippen molar-refractivity contribution < 1.29 is 30.9 Å². The number of rotatable bonds is 5. The van der Waals surface area contributed by atoms with Crippen molar-refractivity contribution in [3.8, 4) is 5.75 Å². The lowest BCUT2D eigenvalue weighted by Crippen LogP contribution is -2.11. The van der Waals surface area contributed by atoms with Crippen molar-refractivity contribution in [1.29, 1.82) is 0 Å². The molecule has 0 saturated carbocycles. The Hall–Kier alpha value is -1.29. The summed E-state index contributed by atoms with van der Waals surface area (Å²) in [7, 11) is -5.13. The molecule has 9 heteroatoms. The van der Waals surface area contributed by atoms with Gasteiger partial charge in [-0.25, -0.2) is 4.79 Å². The molecule has 0 amide bonds. The molecule has 0 aromatic heterocycles. The lowest BCUT2D eigenvalue weighted by molar-refractivity contribution is 0.144. The number of hydrogen-bond donors (Lipinski definition) is 1. The fourth-order valence-corrected chi connectivity index (χ4v) is 4.21. The highest BCUT2D eigenvalue weighted by atomic mass is 32.3. The first-order valence-corrected chi connectivity index (χ1v) is 8.63. The normalized spacial score (nSPS) is 13.0. The summed E-state index contributed by atoms with van der Waals surface area (Å²) in [6.07, 6.45) is 1.82. The van der Waals surface area contributed by atoms with Gasteiger partial charge in [-0.05, 0) is 36.8 Å². The quantitative estimate of drug-likeness (QED) is 0.655. The molecule has 1 rings (SSSR count). The van der Waals surface area contributed by atoms with E-state index in [1.807, 2.05) is 0 Å². The first-order chi connectivity index (χ1) is 8.66. The molecule has 0 aliphatic rings. The summed E-state index contributed by atoms with van der Waals surface area (Å²) in [5.41, 5.74) is 0. The second-order valence-corrected chi connectivity index (χ2v) is 8.35. The van der Waals surface area contributed by atoms with Gasteiger partial charge >= 0.3 is 16.6 Å². The second-order valence-electron chi connectivity index (χ2n) is 3.72. The van der Waals surface area contributed by atoms with Crippen LogP contribution in [0.15, 0.2) is 29.2 Å². The second kappa shape index (κ2) is 5.78. The molecular formula is C10H14O7S2. The van der Waals surface area contributed by atoms with Crippen molar-refractivity contribution in [2.45, 2.75) is 4.90 Å². The fraction of sp³-hybridized carbons (Fsp3) is 0.300. The highest BCUT2D eigenvalue weighted by Gasteiger charge is 2.24. The molecule has 0 atom stereocenters. The van der Waals surface area contributed by atoms with Gasteiger partial charge in [0.05, 0.1) is 7.11 Å². The van der Waals surface area contributed by atoms with E-state index in [0.29, 0.717) is 4.90 Å². The standard InChI is InChI=1S/C10H14O7S2/c1-15-19(13,14)17-18(2,3)9-6-4-8(5-7-9)16-10(11)12/h4-7H,1-3H3,(H,11,12). The summed E-state index contributed by atoms with van der Waals surface area (Å²) >= 11 is 0. The molecule has 1 aromatic carbocycles. The lowest BCUT2D eigenvalue weighted by atomic mass is 10.3. The number of benzene rings is 1. The third kappa shape index (κ3) is 4.71. The minimum atomic E-state index is -4.04. The van der Waals surface area contributed by atoms with Crippen LogP contribution < -0.4 is 4.74 Å². The Morgan fingerprint density at radius 2 is 1.68 bits per heavy atom. The van der Waals surface area contributed by atoms with Crippen LogP contribution >= 0.6 is 10.3 Å². The van der Waals surface area contributed by atoms with Gasteiger partial charge in [-0.15, -0.1) is 0 Å². The number of carbonyl (C=O) groups is 1. The smallest absolute Gasteiger partial charge is 0.449 e. The largest absolute Gasteiger partial charge is 0.511 e. The van der Waals surface area contributed by atoms with Gasteiger partial charge in [0.2, 0.25) is 0 Å². The van der Waals surface area contributed by atoms with Gasteiger partial charge in [0, 0.05) is 4.90 Å². The zero-order valence-corrected chi connectivity index (χ0v) is 12.2. The van der Waals surface area contributed by atoms with Crippen LogP contribution in [-0.2, 0) is 18.2 Å². The van der Waals surface area contributed by atoms with Crippen molar-refractivity contribution >= 4 is 26.9 Å². The molecule has 108 valence electrons. The Balaban J connectivity index is 2.93. The molecule has 0 fully saturated rings. The third-order valence-electron chi connectivity index (χ3n) is 2.05. The molecule has 0 aliphatic heterocycles. The van der Waals surface area contributed by atoms with Gasteiger partial charge < -0.3 is 9.84 Å². The van der Waals surface area contributed by atoms with Gasteiger partial charge in [0.1, 0.15) is 5.75 Å². The summed E-state index contributed by atoms with van der Waals surface area (Å²) in [5, 5.41) is 8.44. The van der Waals surface area contributed by atoms with Crippen LogP contribution in [0.5, 0.6) is 5.75 Å². The average molecular weight is 310 g/mol. The van der Waals surface area contributed by atoms with Gasteiger partial charge in [-0.2, -0.15) is 12.0 Å².